The highest BCUT2D eigenvalue weighted by atomic mass is 16.4. The van der Waals surface area contributed by atoms with Gasteiger partial charge in [0.25, 0.3) is 0 Å². The molecule has 1 aromatic heterocycles. The average molecular weight is 718 g/mol. The molecule has 0 fully saturated rings. The molecule has 14 nitrogen and oxygen atoms in total. The summed E-state index contributed by atoms with van der Waals surface area (Å²) in [6.07, 6.45) is 4.45. The van der Waals surface area contributed by atoms with Crippen LogP contribution in [0.4, 0.5) is 0 Å². The predicted molar refractivity (Wildman–Crippen MR) is 196 cm³/mol. The highest BCUT2D eigenvalue weighted by Gasteiger charge is 2.31. The topological polar surface area (TPSA) is 208 Å². The number of carbonyl (C=O) groups is 6. The first kappa shape index (κ1) is 45.0. The summed E-state index contributed by atoms with van der Waals surface area (Å²) in [6.45, 7) is 15.8. The molecule has 0 radical (unpaired) electrons. The molecule has 14 heteroatoms. The second-order valence-electron chi connectivity index (χ2n) is 14.1. The van der Waals surface area contributed by atoms with Gasteiger partial charge in [0.05, 0.1) is 6.04 Å². The van der Waals surface area contributed by atoms with Gasteiger partial charge in [-0.25, -0.2) is 0 Å². The highest BCUT2D eigenvalue weighted by Crippen LogP contribution is 2.12. The molecule has 1 heterocycles. The van der Waals surface area contributed by atoms with E-state index in [1.807, 2.05) is 66.7 Å². The van der Waals surface area contributed by atoms with Crippen molar-refractivity contribution in [2.45, 2.75) is 137 Å². The number of hydrogen-bond donors (Lipinski definition) is 7. The van der Waals surface area contributed by atoms with Crippen LogP contribution >= 0.6 is 0 Å². The van der Waals surface area contributed by atoms with Gasteiger partial charge in [-0.3, -0.25) is 33.8 Å². The molecule has 6 atom stereocenters. The van der Waals surface area contributed by atoms with Crippen LogP contribution in [0, 0.1) is 17.8 Å². The van der Waals surface area contributed by atoms with E-state index in [-0.39, 0.29) is 67.3 Å². The number of carbonyl (C=O) groups excluding carboxylic acids is 5. The maximum atomic E-state index is 13.6. The van der Waals surface area contributed by atoms with Gasteiger partial charge in [0.1, 0.15) is 18.1 Å². The first-order valence-electron chi connectivity index (χ1n) is 18.4. The lowest BCUT2D eigenvalue weighted by molar-refractivity contribution is -0.137. The number of nitrogens with zero attached hydrogens (tertiary/aromatic N) is 1. The second kappa shape index (κ2) is 24.2. The third-order valence-corrected chi connectivity index (χ3v) is 8.64. The molecule has 0 aliphatic carbocycles. The Morgan fingerprint density at radius 2 is 1.51 bits per heavy atom. The summed E-state index contributed by atoms with van der Waals surface area (Å²) in [5.41, 5.74) is 0.859. The van der Waals surface area contributed by atoms with Gasteiger partial charge < -0.3 is 37.0 Å². The van der Waals surface area contributed by atoms with Crippen LogP contribution in [-0.4, -0.2) is 88.9 Å². The summed E-state index contributed by atoms with van der Waals surface area (Å²) in [5, 5.41) is 26.4. The number of nitrogens with one attached hydrogen (secondary N) is 6. The van der Waals surface area contributed by atoms with Crippen molar-refractivity contribution < 1.29 is 33.9 Å². The van der Waals surface area contributed by atoms with Crippen LogP contribution in [0.15, 0.2) is 24.4 Å². The Balaban J connectivity index is 2.86. The number of carboxylic acid groups (broad SMARTS) is 1. The van der Waals surface area contributed by atoms with Gasteiger partial charge in [0.15, 0.2) is 0 Å². The summed E-state index contributed by atoms with van der Waals surface area (Å²) in [6, 6.07) is 2.11. The number of pyridine rings is 1. The third kappa shape index (κ3) is 18.1. The fourth-order valence-electron chi connectivity index (χ4n) is 5.43. The SMILES string of the molecule is CCC[C@H](NC(=O)[C@@H](NC(=O)CCCC(=O)O)[C@@H](C)CC)C(=O)N[C@H](CN[C@@H](C)C(=O)N[C@H](C(=O)NCCc1ccccn1)C(C)C)CC(C)C. The molecule has 0 spiro atoms. The summed E-state index contributed by atoms with van der Waals surface area (Å²) in [5.74, 6) is -3.05. The van der Waals surface area contributed by atoms with Crippen LogP contribution in [0.25, 0.3) is 0 Å². The van der Waals surface area contributed by atoms with Crippen molar-refractivity contribution >= 4 is 35.5 Å². The standard InChI is InChI=1S/C37H63N7O7/c1-9-14-29(42-37(51)33(25(7)10-2)43-30(45)16-13-17-31(46)47)35(49)41-28(21-23(3)4)22-40-26(8)34(48)44-32(24(5)6)36(50)39-20-18-27-15-11-12-19-38-27/h11-12,15,19,23-26,28-29,32-33,40H,9-10,13-14,16-18,20-22H2,1-8H3,(H,39,50)(H,41,49)(H,42,51)(H,43,45)(H,44,48)(H,46,47)/t25-,26-,28-,29-,32-,33-/m0/s1. The Morgan fingerprint density at radius 3 is 2.08 bits per heavy atom. The third-order valence-electron chi connectivity index (χ3n) is 8.64. The molecule has 288 valence electrons. The molecule has 0 aromatic carbocycles. The molecule has 5 amide bonds. The molecule has 51 heavy (non-hydrogen) atoms. The number of hydrogen-bond acceptors (Lipinski definition) is 8. The Morgan fingerprint density at radius 1 is 0.804 bits per heavy atom. The molecular weight excluding hydrogens is 654 g/mol. The van der Waals surface area contributed by atoms with E-state index in [0.717, 1.165) is 5.69 Å². The average Bonchev–Trinajstić information content (AvgIpc) is 3.07. The summed E-state index contributed by atoms with van der Waals surface area (Å²) in [7, 11) is 0. The van der Waals surface area contributed by atoms with Gasteiger partial charge in [-0.2, -0.15) is 0 Å². The van der Waals surface area contributed by atoms with Gasteiger partial charge in [-0.1, -0.05) is 67.4 Å². The number of aromatic nitrogens is 1. The molecule has 0 aliphatic heterocycles. The fraction of sp³-hybridized carbons (Fsp3) is 0.703. The van der Waals surface area contributed by atoms with E-state index in [1.165, 1.54) is 0 Å². The summed E-state index contributed by atoms with van der Waals surface area (Å²) < 4.78 is 0. The molecule has 0 saturated carbocycles. The van der Waals surface area contributed by atoms with E-state index in [2.05, 4.69) is 36.9 Å². The lowest BCUT2D eigenvalue weighted by Gasteiger charge is -2.29. The molecular formula is C37H63N7O7. The molecule has 0 aliphatic rings. The van der Waals surface area contributed by atoms with E-state index in [0.29, 0.717) is 38.6 Å². The van der Waals surface area contributed by atoms with Crippen LogP contribution in [0.1, 0.15) is 106 Å². The van der Waals surface area contributed by atoms with Crippen LogP contribution in [-0.2, 0) is 35.2 Å². The minimum absolute atomic E-state index is 0.0241. The zero-order valence-corrected chi connectivity index (χ0v) is 31.8. The van der Waals surface area contributed by atoms with Gasteiger partial charge >= 0.3 is 5.97 Å². The number of aliphatic carboxylic acids is 1. The monoisotopic (exact) mass is 717 g/mol. The van der Waals surface area contributed by atoms with E-state index < -0.39 is 42.0 Å². The quantitative estimate of drug-likeness (QED) is 0.0792. The number of amides is 5. The van der Waals surface area contributed by atoms with Crippen molar-refractivity contribution in [1.82, 2.24) is 36.9 Å². The van der Waals surface area contributed by atoms with Crippen LogP contribution in [0.5, 0.6) is 0 Å². The van der Waals surface area contributed by atoms with E-state index in [1.54, 1.807) is 13.1 Å². The van der Waals surface area contributed by atoms with Crippen LogP contribution in [0.3, 0.4) is 0 Å². The Bertz CT molecular complexity index is 1240. The van der Waals surface area contributed by atoms with E-state index in [9.17, 15) is 28.8 Å². The lowest BCUT2D eigenvalue weighted by Crippen LogP contribution is -2.58. The number of rotatable bonds is 25. The maximum Gasteiger partial charge on any atom is 0.303 e. The Kier molecular flexibility index (Phi) is 21.3. The molecule has 7 N–H and O–H groups in total. The molecule has 1 rings (SSSR count). The van der Waals surface area contributed by atoms with E-state index >= 15 is 0 Å². The Labute approximate surface area is 303 Å². The minimum atomic E-state index is -0.996. The van der Waals surface area contributed by atoms with Gasteiger partial charge in [-0.15, -0.1) is 0 Å². The zero-order chi connectivity index (χ0) is 38.5. The first-order valence-corrected chi connectivity index (χ1v) is 18.4. The predicted octanol–water partition coefficient (Wildman–Crippen LogP) is 2.46. The Hall–Kier alpha value is -4.07. The molecule has 0 unspecified atom stereocenters. The highest BCUT2D eigenvalue weighted by molar-refractivity contribution is 5.92. The smallest absolute Gasteiger partial charge is 0.303 e. The van der Waals surface area contributed by atoms with Gasteiger partial charge in [0.2, 0.25) is 29.5 Å². The molecule has 0 bridgehead atoms. The normalized spacial score (nSPS) is 14.8. The zero-order valence-electron chi connectivity index (χ0n) is 31.8. The number of carboxylic acids is 1. The van der Waals surface area contributed by atoms with Crippen molar-refractivity contribution in [2.24, 2.45) is 17.8 Å². The molecule has 0 saturated heterocycles. The fourth-order valence-corrected chi connectivity index (χ4v) is 5.43. The van der Waals surface area contributed by atoms with Gasteiger partial charge in [0, 0.05) is 50.3 Å². The molecule has 1 aromatic rings. The largest absolute Gasteiger partial charge is 0.481 e. The van der Waals surface area contributed by atoms with Crippen molar-refractivity contribution in [3.63, 3.8) is 0 Å². The van der Waals surface area contributed by atoms with Crippen molar-refractivity contribution in [1.29, 1.82) is 0 Å². The van der Waals surface area contributed by atoms with Crippen LogP contribution in [0.2, 0.25) is 0 Å². The lowest BCUT2D eigenvalue weighted by atomic mass is 9.97. The van der Waals surface area contributed by atoms with Crippen molar-refractivity contribution in [3.8, 4) is 0 Å². The maximum absolute atomic E-state index is 13.6. The summed E-state index contributed by atoms with van der Waals surface area (Å²) in [4.78, 5) is 80.8. The minimum Gasteiger partial charge on any atom is -0.481 e. The van der Waals surface area contributed by atoms with Crippen molar-refractivity contribution in [3.05, 3.63) is 30.1 Å². The first-order chi connectivity index (χ1) is 24.1. The van der Waals surface area contributed by atoms with Gasteiger partial charge in [-0.05, 0) is 56.1 Å². The summed E-state index contributed by atoms with van der Waals surface area (Å²) >= 11 is 0. The van der Waals surface area contributed by atoms with Crippen LogP contribution < -0.4 is 31.9 Å². The van der Waals surface area contributed by atoms with Crippen molar-refractivity contribution in [2.75, 3.05) is 13.1 Å². The van der Waals surface area contributed by atoms with E-state index in [4.69, 9.17) is 5.11 Å². The second-order valence-corrected chi connectivity index (χ2v) is 14.1.